The molecule has 102 valence electrons. The van der Waals surface area contributed by atoms with Crippen molar-refractivity contribution in [1.82, 2.24) is 15.5 Å². The predicted molar refractivity (Wildman–Crippen MR) is 79.1 cm³/mol. The highest BCUT2D eigenvalue weighted by molar-refractivity contribution is 5.20. The van der Waals surface area contributed by atoms with Crippen molar-refractivity contribution >= 4 is 0 Å². The lowest BCUT2D eigenvalue weighted by Crippen LogP contribution is -2.24. The number of aromatic nitrogens is 2. The van der Waals surface area contributed by atoms with Crippen LogP contribution in [0.2, 0.25) is 0 Å². The molecule has 0 saturated carbocycles. The first-order valence-electron chi connectivity index (χ1n) is 6.93. The summed E-state index contributed by atoms with van der Waals surface area (Å²) in [4.78, 5) is 0. The molecule has 0 aliphatic rings. The maximum absolute atomic E-state index is 4.05. The molecule has 0 spiro atoms. The van der Waals surface area contributed by atoms with Gasteiger partial charge in [-0.1, -0.05) is 44.2 Å². The van der Waals surface area contributed by atoms with E-state index >= 15 is 0 Å². The Hall–Kier alpha value is -1.61. The number of aryl methyl sites for hydroxylation is 1. The van der Waals surface area contributed by atoms with Crippen molar-refractivity contribution in [3.8, 4) is 0 Å². The second-order valence-electron chi connectivity index (χ2n) is 5.41. The Balaban J connectivity index is 1.93. The van der Waals surface area contributed by atoms with E-state index in [-0.39, 0.29) is 0 Å². The Morgan fingerprint density at radius 2 is 1.95 bits per heavy atom. The van der Waals surface area contributed by atoms with Crippen molar-refractivity contribution < 1.29 is 0 Å². The van der Waals surface area contributed by atoms with Gasteiger partial charge in [0.2, 0.25) is 0 Å². The number of aromatic amines is 1. The smallest absolute Gasteiger partial charge is 0.0535 e. The number of hydrogen-bond donors (Lipinski definition) is 2. The van der Waals surface area contributed by atoms with Crippen LogP contribution in [0.1, 0.15) is 36.6 Å². The Labute approximate surface area is 115 Å². The summed E-state index contributed by atoms with van der Waals surface area (Å²) in [6, 6.07) is 10.7. The average molecular weight is 257 g/mol. The molecular formula is C16H23N3. The second kappa shape index (κ2) is 6.53. The summed E-state index contributed by atoms with van der Waals surface area (Å²) in [6.45, 7) is 8.48. The zero-order valence-corrected chi connectivity index (χ0v) is 12.0. The first-order valence-corrected chi connectivity index (χ1v) is 6.93. The number of benzene rings is 1. The molecule has 2 N–H and O–H groups in total. The van der Waals surface area contributed by atoms with Gasteiger partial charge in [-0.25, -0.2) is 0 Å². The zero-order valence-electron chi connectivity index (χ0n) is 12.0. The minimum Gasteiger partial charge on any atom is -0.312 e. The molecule has 0 aliphatic heterocycles. The minimum atomic E-state index is 0.549. The summed E-state index contributed by atoms with van der Waals surface area (Å²) in [5, 5.41) is 10.6. The molecule has 19 heavy (non-hydrogen) atoms. The molecule has 0 saturated heterocycles. The van der Waals surface area contributed by atoms with Gasteiger partial charge in [0, 0.05) is 24.3 Å². The number of nitrogens with zero attached hydrogens (tertiary/aromatic N) is 1. The quantitative estimate of drug-likeness (QED) is 0.834. The lowest BCUT2D eigenvalue weighted by atomic mass is 9.88. The van der Waals surface area contributed by atoms with E-state index in [0.717, 1.165) is 18.8 Å². The van der Waals surface area contributed by atoms with Gasteiger partial charge in [-0.2, -0.15) is 5.10 Å². The van der Waals surface area contributed by atoms with E-state index in [1.807, 2.05) is 6.20 Å². The van der Waals surface area contributed by atoms with Crippen molar-refractivity contribution in [3.05, 3.63) is 53.3 Å². The summed E-state index contributed by atoms with van der Waals surface area (Å²) < 4.78 is 0. The van der Waals surface area contributed by atoms with E-state index in [1.54, 1.807) is 0 Å². The highest BCUT2D eigenvalue weighted by Gasteiger charge is 2.15. The molecule has 3 nitrogen and oxygen atoms in total. The largest absolute Gasteiger partial charge is 0.312 e. The monoisotopic (exact) mass is 257 g/mol. The molecule has 1 aromatic heterocycles. The van der Waals surface area contributed by atoms with Crippen molar-refractivity contribution in [2.24, 2.45) is 5.92 Å². The first kappa shape index (κ1) is 13.8. The van der Waals surface area contributed by atoms with Crippen LogP contribution < -0.4 is 5.32 Å². The van der Waals surface area contributed by atoms with Gasteiger partial charge in [0.25, 0.3) is 0 Å². The zero-order chi connectivity index (χ0) is 13.7. The molecule has 3 heteroatoms. The fourth-order valence-corrected chi connectivity index (χ4v) is 2.35. The van der Waals surface area contributed by atoms with Crippen molar-refractivity contribution in [3.63, 3.8) is 0 Å². The second-order valence-corrected chi connectivity index (χ2v) is 5.41. The molecule has 2 aromatic rings. The first-order chi connectivity index (χ1) is 9.18. The van der Waals surface area contributed by atoms with Crippen LogP contribution in [0.5, 0.6) is 0 Å². The van der Waals surface area contributed by atoms with E-state index < -0.39 is 0 Å². The summed E-state index contributed by atoms with van der Waals surface area (Å²) in [6.07, 6.45) is 1.90. The number of H-pyrrole nitrogens is 1. The molecule has 1 heterocycles. The topological polar surface area (TPSA) is 40.7 Å². The van der Waals surface area contributed by atoms with Gasteiger partial charge >= 0.3 is 0 Å². The molecule has 1 atom stereocenters. The van der Waals surface area contributed by atoms with Gasteiger partial charge in [0.05, 0.1) is 6.20 Å². The van der Waals surface area contributed by atoms with Crippen molar-refractivity contribution in [2.45, 2.75) is 33.2 Å². The molecule has 0 amide bonds. The molecule has 0 aliphatic carbocycles. The normalized spacial score (nSPS) is 12.8. The van der Waals surface area contributed by atoms with Gasteiger partial charge in [-0.15, -0.1) is 0 Å². The SMILES string of the molecule is Cc1[nH]ncc1CNCC(c1ccccc1)C(C)C. The van der Waals surface area contributed by atoms with E-state index in [9.17, 15) is 0 Å². The van der Waals surface area contributed by atoms with Crippen LogP contribution in [0, 0.1) is 12.8 Å². The van der Waals surface area contributed by atoms with Crippen LogP contribution in [0.25, 0.3) is 0 Å². The average Bonchev–Trinajstić information content (AvgIpc) is 2.81. The summed E-state index contributed by atoms with van der Waals surface area (Å²) in [5.41, 5.74) is 3.80. The fraction of sp³-hybridized carbons (Fsp3) is 0.438. The molecule has 0 radical (unpaired) electrons. The van der Waals surface area contributed by atoms with Crippen LogP contribution in [0.3, 0.4) is 0 Å². The van der Waals surface area contributed by atoms with Gasteiger partial charge in [-0.05, 0) is 24.3 Å². The predicted octanol–water partition coefficient (Wildman–Crippen LogP) is 3.25. The van der Waals surface area contributed by atoms with Crippen molar-refractivity contribution in [1.29, 1.82) is 0 Å². The van der Waals surface area contributed by atoms with E-state index in [0.29, 0.717) is 11.8 Å². The number of nitrogens with one attached hydrogen (secondary N) is 2. The minimum absolute atomic E-state index is 0.549. The third-order valence-electron chi connectivity index (χ3n) is 3.65. The Morgan fingerprint density at radius 1 is 1.21 bits per heavy atom. The molecular weight excluding hydrogens is 234 g/mol. The summed E-state index contributed by atoms with van der Waals surface area (Å²) in [5.74, 6) is 1.17. The van der Waals surface area contributed by atoms with Crippen LogP contribution >= 0.6 is 0 Å². The molecule has 0 bridgehead atoms. The fourth-order valence-electron chi connectivity index (χ4n) is 2.35. The highest BCUT2D eigenvalue weighted by atomic mass is 15.1. The number of rotatable bonds is 6. The van der Waals surface area contributed by atoms with E-state index in [2.05, 4.69) is 66.6 Å². The van der Waals surface area contributed by atoms with Gasteiger partial charge in [0.15, 0.2) is 0 Å². The molecule has 1 aromatic carbocycles. The van der Waals surface area contributed by atoms with Crippen molar-refractivity contribution in [2.75, 3.05) is 6.54 Å². The summed E-state index contributed by atoms with van der Waals surface area (Å²) in [7, 11) is 0. The summed E-state index contributed by atoms with van der Waals surface area (Å²) >= 11 is 0. The van der Waals surface area contributed by atoms with E-state index in [4.69, 9.17) is 0 Å². The van der Waals surface area contributed by atoms with Crippen LogP contribution in [-0.4, -0.2) is 16.7 Å². The maximum Gasteiger partial charge on any atom is 0.0535 e. The molecule has 1 unspecified atom stereocenters. The lowest BCUT2D eigenvalue weighted by molar-refractivity contribution is 0.461. The third-order valence-corrected chi connectivity index (χ3v) is 3.65. The standard InChI is InChI=1S/C16H23N3/c1-12(2)16(14-7-5-4-6-8-14)11-17-9-15-10-18-19-13(15)3/h4-8,10,12,16-17H,9,11H2,1-3H3,(H,18,19). The Morgan fingerprint density at radius 3 is 2.53 bits per heavy atom. The molecule has 2 rings (SSSR count). The van der Waals surface area contributed by atoms with Gasteiger partial charge in [-0.3, -0.25) is 5.10 Å². The number of hydrogen-bond acceptors (Lipinski definition) is 2. The maximum atomic E-state index is 4.05. The van der Waals surface area contributed by atoms with Crippen LogP contribution in [0.4, 0.5) is 0 Å². The Bertz CT molecular complexity index is 488. The lowest BCUT2D eigenvalue weighted by Gasteiger charge is -2.22. The highest BCUT2D eigenvalue weighted by Crippen LogP contribution is 2.23. The van der Waals surface area contributed by atoms with Gasteiger partial charge < -0.3 is 5.32 Å². The van der Waals surface area contributed by atoms with Crippen LogP contribution in [-0.2, 0) is 6.54 Å². The van der Waals surface area contributed by atoms with Crippen LogP contribution in [0.15, 0.2) is 36.5 Å². The van der Waals surface area contributed by atoms with Gasteiger partial charge in [0.1, 0.15) is 0 Å². The third kappa shape index (κ3) is 3.67. The van der Waals surface area contributed by atoms with E-state index in [1.165, 1.54) is 11.1 Å². The molecule has 0 fully saturated rings. The Kier molecular flexibility index (Phi) is 4.74.